The smallest absolute Gasteiger partial charge is 0.313 e. The van der Waals surface area contributed by atoms with Gasteiger partial charge in [-0.1, -0.05) is 35.5 Å². The molecule has 0 saturated carbocycles. The van der Waals surface area contributed by atoms with Gasteiger partial charge in [-0.2, -0.15) is 10.1 Å². The van der Waals surface area contributed by atoms with Crippen molar-refractivity contribution in [2.75, 3.05) is 5.01 Å². The highest BCUT2D eigenvalue weighted by Crippen LogP contribution is 2.25. The molecule has 0 N–H and O–H groups in total. The minimum atomic E-state index is 0.272. The highest BCUT2D eigenvalue weighted by molar-refractivity contribution is 5.85. The van der Waals surface area contributed by atoms with E-state index in [4.69, 9.17) is 4.52 Å². The molecule has 0 unspecified atom stereocenters. The molecule has 92 valence electrons. The minimum absolute atomic E-state index is 0.272. The molecular formula is C13H14N4O. The Morgan fingerprint density at radius 1 is 1.28 bits per heavy atom. The van der Waals surface area contributed by atoms with Crippen LogP contribution in [0.1, 0.15) is 20.3 Å². The van der Waals surface area contributed by atoms with Gasteiger partial charge in [-0.05, 0) is 13.8 Å². The van der Waals surface area contributed by atoms with Gasteiger partial charge >= 0.3 is 6.01 Å². The van der Waals surface area contributed by atoms with Crippen molar-refractivity contribution in [2.45, 2.75) is 26.3 Å². The van der Waals surface area contributed by atoms with Crippen molar-refractivity contribution >= 4 is 11.7 Å². The van der Waals surface area contributed by atoms with Gasteiger partial charge in [0.25, 0.3) is 0 Å². The first-order valence-corrected chi connectivity index (χ1v) is 5.96. The van der Waals surface area contributed by atoms with E-state index < -0.39 is 0 Å². The molecule has 0 spiro atoms. The summed E-state index contributed by atoms with van der Waals surface area (Å²) in [4.78, 5) is 4.39. The van der Waals surface area contributed by atoms with Gasteiger partial charge in [0, 0.05) is 17.7 Å². The quantitative estimate of drug-likeness (QED) is 0.812. The van der Waals surface area contributed by atoms with Crippen molar-refractivity contribution in [2.24, 2.45) is 5.10 Å². The van der Waals surface area contributed by atoms with E-state index in [-0.39, 0.29) is 6.04 Å². The second kappa shape index (κ2) is 4.25. The van der Waals surface area contributed by atoms with Crippen LogP contribution < -0.4 is 5.01 Å². The molecule has 1 atom stereocenters. The Labute approximate surface area is 105 Å². The van der Waals surface area contributed by atoms with E-state index in [9.17, 15) is 0 Å². The van der Waals surface area contributed by atoms with Gasteiger partial charge in [0.2, 0.25) is 5.82 Å². The Morgan fingerprint density at radius 2 is 2.06 bits per heavy atom. The standard InChI is InChI=1S/C13H14N4O/c1-9-8-10(2)17(15-9)13-14-12(16-18-13)11-6-4-3-5-7-11/h3-7,10H,8H2,1-2H3/t10-/m1/s1. The molecule has 0 radical (unpaired) electrons. The SMILES string of the molecule is CC1=NN(c2nc(-c3ccccc3)no2)[C@H](C)C1. The normalized spacial score (nSPS) is 19.1. The van der Waals surface area contributed by atoms with Crippen molar-refractivity contribution in [1.29, 1.82) is 0 Å². The lowest BCUT2D eigenvalue weighted by molar-refractivity contribution is 0.410. The summed E-state index contributed by atoms with van der Waals surface area (Å²) in [5, 5.41) is 10.2. The van der Waals surface area contributed by atoms with E-state index in [1.807, 2.05) is 37.3 Å². The lowest BCUT2D eigenvalue weighted by Gasteiger charge is -2.13. The van der Waals surface area contributed by atoms with Crippen LogP contribution in [0.5, 0.6) is 0 Å². The molecule has 0 amide bonds. The van der Waals surface area contributed by atoms with Crippen molar-refractivity contribution in [1.82, 2.24) is 10.1 Å². The summed E-state index contributed by atoms with van der Waals surface area (Å²) in [6.07, 6.45) is 0.934. The molecule has 18 heavy (non-hydrogen) atoms. The summed E-state index contributed by atoms with van der Waals surface area (Å²) in [5.74, 6) is 0.595. The van der Waals surface area contributed by atoms with Gasteiger partial charge in [0.1, 0.15) is 0 Å². The molecule has 0 fully saturated rings. The summed E-state index contributed by atoms with van der Waals surface area (Å²) >= 11 is 0. The first-order valence-electron chi connectivity index (χ1n) is 5.96. The third-order valence-electron chi connectivity index (χ3n) is 2.93. The largest absolute Gasteiger partial charge is 0.345 e. The van der Waals surface area contributed by atoms with Crippen LogP contribution in [0.3, 0.4) is 0 Å². The highest BCUT2D eigenvalue weighted by atomic mass is 16.5. The second-order valence-corrected chi connectivity index (χ2v) is 4.50. The maximum absolute atomic E-state index is 5.28. The summed E-state index contributed by atoms with van der Waals surface area (Å²) < 4.78 is 5.28. The summed E-state index contributed by atoms with van der Waals surface area (Å²) in [5.41, 5.74) is 2.03. The number of hydrogen-bond donors (Lipinski definition) is 0. The van der Waals surface area contributed by atoms with E-state index in [0.29, 0.717) is 11.8 Å². The molecule has 0 saturated heterocycles. The summed E-state index contributed by atoms with van der Waals surface area (Å²) in [6.45, 7) is 4.09. The molecule has 1 aromatic carbocycles. The van der Waals surface area contributed by atoms with Crippen molar-refractivity contribution in [3.8, 4) is 11.4 Å². The fraction of sp³-hybridized carbons (Fsp3) is 0.308. The monoisotopic (exact) mass is 242 g/mol. The third-order valence-corrected chi connectivity index (χ3v) is 2.93. The first kappa shape index (κ1) is 11.0. The maximum Gasteiger partial charge on any atom is 0.345 e. The average Bonchev–Trinajstić information content (AvgIpc) is 2.97. The number of hydrazone groups is 1. The van der Waals surface area contributed by atoms with E-state index in [0.717, 1.165) is 17.7 Å². The highest BCUT2D eigenvalue weighted by Gasteiger charge is 2.26. The second-order valence-electron chi connectivity index (χ2n) is 4.50. The molecule has 5 heteroatoms. The molecular weight excluding hydrogens is 228 g/mol. The Morgan fingerprint density at radius 3 is 2.72 bits per heavy atom. The molecule has 2 aromatic rings. The van der Waals surface area contributed by atoms with E-state index in [1.165, 1.54) is 0 Å². The lowest BCUT2D eigenvalue weighted by Crippen LogP contribution is -2.22. The average molecular weight is 242 g/mol. The number of rotatable bonds is 2. The van der Waals surface area contributed by atoms with Gasteiger partial charge in [-0.15, -0.1) is 0 Å². The number of benzene rings is 1. The van der Waals surface area contributed by atoms with Crippen LogP contribution >= 0.6 is 0 Å². The van der Waals surface area contributed by atoms with Crippen LogP contribution in [-0.4, -0.2) is 21.9 Å². The van der Waals surface area contributed by atoms with Gasteiger partial charge in [-0.25, -0.2) is 5.01 Å². The molecule has 3 rings (SSSR count). The van der Waals surface area contributed by atoms with Crippen molar-refractivity contribution in [3.63, 3.8) is 0 Å². The Balaban J connectivity index is 1.91. The lowest BCUT2D eigenvalue weighted by atomic mass is 10.2. The van der Waals surface area contributed by atoms with Crippen molar-refractivity contribution < 1.29 is 4.52 Å². The molecule has 0 aliphatic carbocycles. The molecule has 5 nitrogen and oxygen atoms in total. The fourth-order valence-electron chi connectivity index (χ4n) is 2.08. The van der Waals surface area contributed by atoms with Gasteiger partial charge in [0.05, 0.1) is 6.04 Å². The van der Waals surface area contributed by atoms with Crippen LogP contribution in [0.2, 0.25) is 0 Å². The van der Waals surface area contributed by atoms with Crippen LogP contribution in [-0.2, 0) is 0 Å². The number of aromatic nitrogens is 2. The predicted molar refractivity (Wildman–Crippen MR) is 69.4 cm³/mol. The van der Waals surface area contributed by atoms with E-state index in [2.05, 4.69) is 22.2 Å². The predicted octanol–water partition coefficient (Wildman–Crippen LogP) is 2.71. The fourth-order valence-corrected chi connectivity index (χ4v) is 2.08. The van der Waals surface area contributed by atoms with Gasteiger partial charge in [0.15, 0.2) is 0 Å². The van der Waals surface area contributed by atoms with E-state index in [1.54, 1.807) is 5.01 Å². The topological polar surface area (TPSA) is 54.5 Å². The molecule has 1 aliphatic heterocycles. The Hall–Kier alpha value is -2.17. The van der Waals surface area contributed by atoms with Gasteiger partial charge < -0.3 is 4.52 Å². The number of hydrogen-bond acceptors (Lipinski definition) is 5. The van der Waals surface area contributed by atoms with Crippen LogP contribution in [0.4, 0.5) is 6.01 Å². The molecule has 1 aromatic heterocycles. The molecule has 1 aliphatic rings. The Kier molecular flexibility index (Phi) is 2.59. The van der Waals surface area contributed by atoms with Crippen molar-refractivity contribution in [3.05, 3.63) is 30.3 Å². The zero-order valence-corrected chi connectivity index (χ0v) is 10.4. The zero-order valence-electron chi connectivity index (χ0n) is 10.4. The Bertz CT molecular complexity index is 576. The van der Waals surface area contributed by atoms with E-state index >= 15 is 0 Å². The number of nitrogens with zero attached hydrogens (tertiary/aromatic N) is 4. The van der Waals surface area contributed by atoms with Crippen LogP contribution in [0, 0.1) is 0 Å². The summed E-state index contributed by atoms with van der Waals surface area (Å²) in [7, 11) is 0. The van der Waals surface area contributed by atoms with Gasteiger partial charge in [-0.3, -0.25) is 0 Å². The van der Waals surface area contributed by atoms with Crippen LogP contribution in [0.25, 0.3) is 11.4 Å². The number of anilines is 1. The minimum Gasteiger partial charge on any atom is -0.313 e. The zero-order chi connectivity index (χ0) is 12.5. The third kappa shape index (κ3) is 1.88. The molecule has 2 heterocycles. The first-order chi connectivity index (χ1) is 8.74. The van der Waals surface area contributed by atoms with Crippen LogP contribution in [0.15, 0.2) is 40.0 Å². The molecule has 0 bridgehead atoms. The maximum atomic E-state index is 5.28. The summed E-state index contributed by atoms with van der Waals surface area (Å²) in [6, 6.07) is 10.5.